The van der Waals surface area contributed by atoms with Gasteiger partial charge in [0.1, 0.15) is 23.6 Å². The van der Waals surface area contributed by atoms with Gasteiger partial charge in [-0.05, 0) is 79.3 Å². The van der Waals surface area contributed by atoms with E-state index < -0.39 is 17.5 Å². The highest BCUT2D eigenvalue weighted by Gasteiger charge is 2.54. The molecule has 1 saturated heterocycles. The molecule has 0 radical (unpaired) electrons. The smallest absolute Gasteiger partial charge is 0.325 e. The third kappa shape index (κ3) is 4.01. The van der Waals surface area contributed by atoms with Crippen LogP contribution in [0.1, 0.15) is 29.5 Å². The van der Waals surface area contributed by atoms with E-state index in [0.29, 0.717) is 17.9 Å². The second-order valence-electron chi connectivity index (χ2n) is 8.73. The van der Waals surface area contributed by atoms with Crippen LogP contribution in [0.15, 0.2) is 72.8 Å². The number of carbonyl (C=O) groups is 3. The quantitative estimate of drug-likeness (QED) is 0.554. The summed E-state index contributed by atoms with van der Waals surface area (Å²) in [7, 11) is 0. The Bertz CT molecular complexity index is 1270. The Morgan fingerprint density at radius 2 is 1.82 bits per heavy atom. The molecule has 7 heteroatoms. The maximum atomic E-state index is 13.3. The molecule has 3 aromatic carbocycles. The highest BCUT2D eigenvalue weighted by molar-refractivity contribution is 6.10. The molecule has 1 heterocycles. The zero-order chi connectivity index (χ0) is 23.7. The van der Waals surface area contributed by atoms with E-state index in [-0.39, 0.29) is 12.5 Å². The Kier molecular flexibility index (Phi) is 5.53. The number of hydrogen-bond donors (Lipinski definition) is 2. The van der Waals surface area contributed by atoms with Crippen molar-refractivity contribution in [1.82, 2.24) is 10.2 Å². The molecule has 0 unspecified atom stereocenters. The lowest BCUT2D eigenvalue weighted by Crippen LogP contribution is -2.47. The van der Waals surface area contributed by atoms with Crippen molar-refractivity contribution in [2.45, 2.75) is 31.7 Å². The Morgan fingerprint density at radius 3 is 2.62 bits per heavy atom. The van der Waals surface area contributed by atoms with Crippen molar-refractivity contribution in [2.24, 2.45) is 0 Å². The maximum Gasteiger partial charge on any atom is 0.325 e. The van der Waals surface area contributed by atoms with Gasteiger partial charge >= 0.3 is 6.03 Å². The van der Waals surface area contributed by atoms with Crippen LogP contribution in [-0.2, 0) is 21.5 Å². The molecule has 3 aromatic rings. The van der Waals surface area contributed by atoms with Gasteiger partial charge in [0.2, 0.25) is 5.91 Å². The van der Waals surface area contributed by atoms with Gasteiger partial charge in [0.15, 0.2) is 0 Å². The summed E-state index contributed by atoms with van der Waals surface area (Å²) in [5, 5.41) is 5.62. The molecule has 0 aromatic heterocycles. The Hall–Kier alpha value is -4.13. The van der Waals surface area contributed by atoms with E-state index in [0.717, 1.165) is 40.2 Å². The molecule has 1 aliphatic carbocycles. The predicted molar refractivity (Wildman–Crippen MR) is 128 cm³/mol. The molecule has 2 aliphatic rings. The summed E-state index contributed by atoms with van der Waals surface area (Å²) >= 11 is 0. The molecule has 1 atom stereocenters. The summed E-state index contributed by atoms with van der Waals surface area (Å²) in [6.07, 6.45) is 2.18. The van der Waals surface area contributed by atoms with Crippen LogP contribution in [0.2, 0.25) is 0 Å². The Balaban J connectivity index is 1.25. The molecule has 0 saturated carbocycles. The van der Waals surface area contributed by atoms with E-state index in [4.69, 9.17) is 4.74 Å². The number of urea groups is 1. The fourth-order valence-electron chi connectivity index (χ4n) is 4.72. The lowest BCUT2D eigenvalue weighted by atomic mass is 9.76. The van der Waals surface area contributed by atoms with E-state index in [9.17, 15) is 14.4 Å². The largest absolute Gasteiger partial charge is 0.457 e. The van der Waals surface area contributed by atoms with Crippen LogP contribution in [-0.4, -0.2) is 29.3 Å². The van der Waals surface area contributed by atoms with Gasteiger partial charge in [-0.3, -0.25) is 14.5 Å². The first-order valence-electron chi connectivity index (χ1n) is 11.3. The monoisotopic (exact) mass is 455 g/mol. The van der Waals surface area contributed by atoms with Crippen molar-refractivity contribution in [3.05, 3.63) is 89.5 Å². The molecule has 1 aliphatic heterocycles. The van der Waals surface area contributed by atoms with E-state index >= 15 is 0 Å². The number of aryl methyl sites for hydroxylation is 2. The first-order valence-corrected chi connectivity index (χ1v) is 11.3. The minimum Gasteiger partial charge on any atom is -0.457 e. The van der Waals surface area contributed by atoms with E-state index in [1.165, 1.54) is 0 Å². The van der Waals surface area contributed by atoms with Gasteiger partial charge in [-0.2, -0.15) is 0 Å². The zero-order valence-electron chi connectivity index (χ0n) is 18.8. The summed E-state index contributed by atoms with van der Waals surface area (Å²) in [5.74, 6) is 0.544. The molecular weight excluding hydrogens is 430 g/mol. The molecule has 172 valence electrons. The van der Waals surface area contributed by atoms with Crippen molar-refractivity contribution < 1.29 is 19.1 Å². The number of benzene rings is 3. The van der Waals surface area contributed by atoms with Crippen molar-refractivity contribution >= 4 is 23.5 Å². The molecular formula is C27H25N3O4. The van der Waals surface area contributed by atoms with Gasteiger partial charge < -0.3 is 15.4 Å². The summed E-state index contributed by atoms with van der Waals surface area (Å²) in [6.45, 7) is 1.64. The molecule has 34 heavy (non-hydrogen) atoms. The van der Waals surface area contributed by atoms with Crippen LogP contribution in [0.3, 0.4) is 0 Å². The summed E-state index contributed by atoms with van der Waals surface area (Å²) in [5.41, 5.74) is 2.45. The lowest BCUT2D eigenvalue weighted by Gasteiger charge is -2.33. The molecule has 1 fully saturated rings. The minimum absolute atomic E-state index is 0.351. The number of rotatable bonds is 5. The summed E-state index contributed by atoms with van der Waals surface area (Å²) in [6, 6.07) is 21.8. The van der Waals surface area contributed by atoms with Crippen LogP contribution >= 0.6 is 0 Å². The number of nitrogens with one attached hydrogen (secondary N) is 2. The summed E-state index contributed by atoms with van der Waals surface area (Å²) < 4.78 is 5.83. The van der Waals surface area contributed by atoms with Crippen molar-refractivity contribution in [3.63, 3.8) is 0 Å². The van der Waals surface area contributed by atoms with Gasteiger partial charge in [-0.25, -0.2) is 4.79 Å². The van der Waals surface area contributed by atoms with E-state index in [1.54, 1.807) is 24.3 Å². The number of anilines is 1. The highest BCUT2D eigenvalue weighted by Crippen LogP contribution is 2.39. The highest BCUT2D eigenvalue weighted by atomic mass is 16.5. The lowest BCUT2D eigenvalue weighted by molar-refractivity contribution is -0.134. The van der Waals surface area contributed by atoms with Crippen LogP contribution in [0.25, 0.3) is 0 Å². The fraction of sp³-hybridized carbons (Fsp3) is 0.222. The number of nitrogens with zero attached hydrogens (tertiary/aromatic N) is 1. The van der Waals surface area contributed by atoms with Crippen molar-refractivity contribution in [3.8, 4) is 11.5 Å². The van der Waals surface area contributed by atoms with E-state index in [1.807, 2.05) is 55.5 Å². The molecule has 2 N–H and O–H groups in total. The van der Waals surface area contributed by atoms with E-state index in [2.05, 4.69) is 10.6 Å². The number of ether oxygens (including phenoxy) is 1. The summed E-state index contributed by atoms with van der Waals surface area (Å²) in [4.78, 5) is 39.7. The van der Waals surface area contributed by atoms with Crippen LogP contribution in [0, 0.1) is 6.92 Å². The predicted octanol–water partition coefficient (Wildman–Crippen LogP) is 4.51. The first-order chi connectivity index (χ1) is 16.4. The number of fused-ring (bicyclic) bond motifs is 2. The molecule has 4 amide bonds. The Morgan fingerprint density at radius 1 is 1.03 bits per heavy atom. The van der Waals surface area contributed by atoms with Gasteiger partial charge in [-0.1, -0.05) is 36.4 Å². The minimum atomic E-state index is -1.08. The van der Waals surface area contributed by atoms with Crippen LogP contribution in [0.5, 0.6) is 11.5 Å². The average molecular weight is 456 g/mol. The second-order valence-corrected chi connectivity index (χ2v) is 8.73. The van der Waals surface area contributed by atoms with Crippen LogP contribution < -0.4 is 15.4 Å². The normalized spacial score (nSPS) is 19.0. The van der Waals surface area contributed by atoms with Gasteiger partial charge in [0, 0.05) is 5.69 Å². The van der Waals surface area contributed by atoms with Crippen LogP contribution in [0.4, 0.5) is 10.5 Å². The molecule has 1 spiro atoms. The molecule has 7 nitrogen and oxygen atoms in total. The topological polar surface area (TPSA) is 87.7 Å². The fourth-order valence-corrected chi connectivity index (χ4v) is 4.72. The third-order valence-electron chi connectivity index (χ3n) is 6.32. The number of carbonyl (C=O) groups excluding carboxylic acids is 3. The van der Waals surface area contributed by atoms with Gasteiger partial charge in [0.25, 0.3) is 5.91 Å². The third-order valence-corrected chi connectivity index (χ3v) is 6.32. The number of amides is 4. The van der Waals surface area contributed by atoms with Gasteiger partial charge in [0.05, 0.1) is 0 Å². The second kappa shape index (κ2) is 8.67. The van der Waals surface area contributed by atoms with Gasteiger partial charge in [-0.15, -0.1) is 0 Å². The SMILES string of the molecule is Cc1cccc(Oc2ccc(NC(=O)CN3C(=O)N[C@@]4(CCCc5ccccc54)C3=O)cc2)c1. The number of imide groups is 1. The van der Waals surface area contributed by atoms with Crippen molar-refractivity contribution in [1.29, 1.82) is 0 Å². The zero-order valence-corrected chi connectivity index (χ0v) is 18.8. The Labute approximate surface area is 197 Å². The number of hydrogen-bond acceptors (Lipinski definition) is 4. The molecule has 0 bridgehead atoms. The van der Waals surface area contributed by atoms with Crippen molar-refractivity contribution in [2.75, 3.05) is 11.9 Å². The standard InChI is InChI=1S/C27H25N3O4/c1-18-6-4-9-22(16-18)34-21-13-11-20(12-14-21)28-24(31)17-30-25(32)27(29-26(30)33)15-5-8-19-7-2-3-10-23(19)27/h2-4,6-7,9-14,16H,5,8,15,17H2,1H3,(H,28,31)(H,29,33)/t27-/m1/s1. The average Bonchev–Trinajstić information content (AvgIpc) is 3.05. The maximum absolute atomic E-state index is 13.3. The first kappa shape index (κ1) is 21.7. The molecule has 5 rings (SSSR count).